The molecule has 1 fully saturated rings. The molecule has 0 aliphatic carbocycles. The molecule has 2 unspecified atom stereocenters. The molecule has 0 bridgehead atoms. The average Bonchev–Trinajstić information content (AvgIpc) is 2.34. The van der Waals surface area contributed by atoms with Crippen LogP contribution in [0, 0.1) is 5.41 Å². The van der Waals surface area contributed by atoms with Crippen molar-refractivity contribution >= 4 is 0 Å². The first-order valence-corrected chi connectivity index (χ1v) is 7.73. The Kier molecular flexibility index (Phi) is 4.55. The Bertz CT molecular complexity index is 419. The van der Waals surface area contributed by atoms with Gasteiger partial charge in [-0.3, -0.25) is 0 Å². The van der Waals surface area contributed by atoms with E-state index in [-0.39, 0.29) is 11.0 Å². The van der Waals surface area contributed by atoms with Crippen LogP contribution >= 0.6 is 0 Å². The second-order valence-corrected chi connectivity index (χ2v) is 7.67. The Labute approximate surface area is 123 Å². The number of benzene rings is 1. The van der Waals surface area contributed by atoms with Crippen LogP contribution in [0.1, 0.15) is 59.1 Å². The molecule has 0 saturated carbocycles. The van der Waals surface area contributed by atoms with Crippen LogP contribution in [-0.2, 0) is 4.74 Å². The summed E-state index contributed by atoms with van der Waals surface area (Å²) in [6, 6.07) is 11.7. The zero-order valence-corrected chi connectivity index (χ0v) is 13.6. The molecule has 0 radical (unpaired) electrons. The molecule has 0 amide bonds. The lowest BCUT2D eigenvalue weighted by molar-refractivity contribution is -0.0659. The second kappa shape index (κ2) is 5.87. The highest BCUT2D eigenvalue weighted by molar-refractivity contribution is 5.21. The number of nitrogens with one attached hydrogen (secondary N) is 1. The predicted octanol–water partition coefficient (Wildman–Crippen LogP) is 4.32. The molecule has 112 valence electrons. The first-order chi connectivity index (χ1) is 9.28. The third-order valence-electron chi connectivity index (χ3n) is 4.10. The monoisotopic (exact) mass is 275 g/mol. The maximum atomic E-state index is 5.83. The van der Waals surface area contributed by atoms with Gasteiger partial charge in [0.1, 0.15) is 0 Å². The van der Waals surface area contributed by atoms with Gasteiger partial charge in [-0.05, 0) is 37.7 Å². The SMILES string of the molecule is CC1(C)CC(NC(c2ccccc2)C(C)(C)C)CCO1. The van der Waals surface area contributed by atoms with Gasteiger partial charge in [0, 0.05) is 18.7 Å². The van der Waals surface area contributed by atoms with Crippen LogP contribution < -0.4 is 5.32 Å². The average molecular weight is 275 g/mol. The summed E-state index contributed by atoms with van der Waals surface area (Å²) in [6.07, 6.45) is 2.18. The minimum absolute atomic E-state index is 0.00492. The van der Waals surface area contributed by atoms with Crippen molar-refractivity contribution in [1.29, 1.82) is 0 Å². The summed E-state index contributed by atoms with van der Waals surface area (Å²) in [7, 11) is 0. The molecule has 1 N–H and O–H groups in total. The van der Waals surface area contributed by atoms with E-state index in [9.17, 15) is 0 Å². The predicted molar refractivity (Wildman–Crippen MR) is 84.8 cm³/mol. The fourth-order valence-electron chi connectivity index (χ4n) is 3.10. The highest BCUT2D eigenvalue weighted by Crippen LogP contribution is 2.35. The van der Waals surface area contributed by atoms with Crippen molar-refractivity contribution in [2.75, 3.05) is 6.61 Å². The van der Waals surface area contributed by atoms with E-state index in [0.29, 0.717) is 12.1 Å². The summed E-state index contributed by atoms with van der Waals surface area (Å²) in [5.74, 6) is 0. The van der Waals surface area contributed by atoms with Crippen LogP contribution in [0.5, 0.6) is 0 Å². The van der Waals surface area contributed by atoms with E-state index in [4.69, 9.17) is 4.74 Å². The standard InChI is InChI=1S/C18H29NO/c1-17(2,3)16(14-9-7-6-8-10-14)19-15-11-12-20-18(4,5)13-15/h6-10,15-16,19H,11-13H2,1-5H3. The van der Waals surface area contributed by atoms with Crippen molar-refractivity contribution in [3.05, 3.63) is 35.9 Å². The Morgan fingerprint density at radius 3 is 2.40 bits per heavy atom. The van der Waals surface area contributed by atoms with Gasteiger partial charge in [-0.2, -0.15) is 0 Å². The van der Waals surface area contributed by atoms with Crippen LogP contribution in [-0.4, -0.2) is 18.2 Å². The van der Waals surface area contributed by atoms with Crippen molar-refractivity contribution in [1.82, 2.24) is 5.32 Å². The molecule has 1 aromatic carbocycles. The maximum absolute atomic E-state index is 5.83. The van der Waals surface area contributed by atoms with E-state index >= 15 is 0 Å². The van der Waals surface area contributed by atoms with Crippen molar-refractivity contribution in [2.45, 2.75) is 65.1 Å². The van der Waals surface area contributed by atoms with Crippen molar-refractivity contribution in [3.63, 3.8) is 0 Å². The van der Waals surface area contributed by atoms with Gasteiger partial charge >= 0.3 is 0 Å². The van der Waals surface area contributed by atoms with Gasteiger partial charge in [-0.25, -0.2) is 0 Å². The molecular formula is C18H29NO. The number of hydrogen-bond acceptors (Lipinski definition) is 2. The molecular weight excluding hydrogens is 246 g/mol. The third-order valence-corrected chi connectivity index (χ3v) is 4.10. The fraction of sp³-hybridized carbons (Fsp3) is 0.667. The Hall–Kier alpha value is -0.860. The number of ether oxygens (including phenoxy) is 1. The van der Waals surface area contributed by atoms with Crippen LogP contribution in [0.2, 0.25) is 0 Å². The molecule has 1 heterocycles. The lowest BCUT2D eigenvalue weighted by Gasteiger charge is -2.41. The zero-order valence-electron chi connectivity index (χ0n) is 13.6. The van der Waals surface area contributed by atoms with Crippen molar-refractivity contribution in [3.8, 4) is 0 Å². The van der Waals surface area contributed by atoms with Crippen LogP contribution in [0.15, 0.2) is 30.3 Å². The molecule has 1 aliphatic rings. The van der Waals surface area contributed by atoms with Crippen molar-refractivity contribution < 1.29 is 4.74 Å². The lowest BCUT2D eigenvalue weighted by Crippen LogP contribution is -2.47. The minimum Gasteiger partial charge on any atom is -0.375 e. The highest BCUT2D eigenvalue weighted by atomic mass is 16.5. The summed E-state index contributed by atoms with van der Waals surface area (Å²) >= 11 is 0. The topological polar surface area (TPSA) is 21.3 Å². The van der Waals surface area contributed by atoms with Gasteiger partial charge in [-0.1, -0.05) is 51.1 Å². The Morgan fingerprint density at radius 2 is 1.85 bits per heavy atom. The van der Waals surface area contributed by atoms with Gasteiger partial charge in [0.05, 0.1) is 5.60 Å². The summed E-state index contributed by atoms with van der Waals surface area (Å²) in [4.78, 5) is 0. The molecule has 2 atom stereocenters. The molecule has 0 aromatic heterocycles. The van der Waals surface area contributed by atoms with Crippen molar-refractivity contribution in [2.24, 2.45) is 5.41 Å². The maximum Gasteiger partial charge on any atom is 0.0641 e. The van der Waals surface area contributed by atoms with Crippen LogP contribution in [0.3, 0.4) is 0 Å². The van der Waals surface area contributed by atoms with Gasteiger partial charge in [0.2, 0.25) is 0 Å². The summed E-state index contributed by atoms with van der Waals surface area (Å²) in [6.45, 7) is 12.2. The number of rotatable bonds is 3. The molecule has 2 nitrogen and oxygen atoms in total. The molecule has 2 rings (SSSR count). The van der Waals surface area contributed by atoms with E-state index in [0.717, 1.165) is 19.4 Å². The van der Waals surface area contributed by atoms with E-state index in [1.807, 2.05) is 0 Å². The molecule has 1 aromatic rings. The highest BCUT2D eigenvalue weighted by Gasteiger charge is 2.33. The first-order valence-electron chi connectivity index (χ1n) is 7.73. The van der Waals surface area contributed by atoms with Crippen LogP contribution in [0.4, 0.5) is 0 Å². The molecule has 1 aliphatic heterocycles. The van der Waals surface area contributed by atoms with Gasteiger partial charge in [0.25, 0.3) is 0 Å². The molecule has 20 heavy (non-hydrogen) atoms. The Balaban J connectivity index is 2.13. The Morgan fingerprint density at radius 1 is 1.20 bits per heavy atom. The van der Waals surface area contributed by atoms with Gasteiger partial charge < -0.3 is 10.1 Å². The first kappa shape index (κ1) is 15.5. The van der Waals surface area contributed by atoms with E-state index < -0.39 is 0 Å². The largest absolute Gasteiger partial charge is 0.375 e. The van der Waals surface area contributed by atoms with Gasteiger partial charge in [0.15, 0.2) is 0 Å². The normalized spacial score (nSPS) is 24.4. The second-order valence-electron chi connectivity index (χ2n) is 7.67. The number of hydrogen-bond donors (Lipinski definition) is 1. The molecule has 0 spiro atoms. The van der Waals surface area contributed by atoms with Gasteiger partial charge in [-0.15, -0.1) is 0 Å². The fourth-order valence-corrected chi connectivity index (χ4v) is 3.10. The van der Waals surface area contributed by atoms with E-state index in [1.165, 1.54) is 5.56 Å². The van der Waals surface area contributed by atoms with E-state index in [2.05, 4.69) is 70.3 Å². The zero-order chi connectivity index (χ0) is 14.8. The minimum atomic E-state index is -0.00492. The lowest BCUT2D eigenvalue weighted by atomic mass is 9.81. The summed E-state index contributed by atoms with van der Waals surface area (Å²) in [5, 5.41) is 3.89. The van der Waals surface area contributed by atoms with Crippen LogP contribution in [0.25, 0.3) is 0 Å². The smallest absolute Gasteiger partial charge is 0.0641 e. The summed E-state index contributed by atoms with van der Waals surface area (Å²) in [5.41, 5.74) is 1.57. The quantitative estimate of drug-likeness (QED) is 0.887. The summed E-state index contributed by atoms with van der Waals surface area (Å²) < 4.78 is 5.83. The third kappa shape index (κ3) is 4.07. The molecule has 2 heteroatoms. The van der Waals surface area contributed by atoms with E-state index in [1.54, 1.807) is 0 Å². The molecule has 1 saturated heterocycles.